The van der Waals surface area contributed by atoms with E-state index in [0.29, 0.717) is 59.0 Å². The summed E-state index contributed by atoms with van der Waals surface area (Å²) in [5.41, 5.74) is 6.10. The van der Waals surface area contributed by atoms with Crippen molar-refractivity contribution in [1.82, 2.24) is 50.4 Å². The van der Waals surface area contributed by atoms with Gasteiger partial charge in [0.2, 0.25) is 23.6 Å². The highest BCUT2D eigenvalue weighted by molar-refractivity contribution is 7.13. The van der Waals surface area contributed by atoms with Crippen LogP contribution in [0.3, 0.4) is 0 Å². The predicted molar refractivity (Wildman–Crippen MR) is 296 cm³/mol. The van der Waals surface area contributed by atoms with E-state index in [1.807, 2.05) is 69.7 Å². The van der Waals surface area contributed by atoms with Gasteiger partial charge < -0.3 is 36.0 Å². The van der Waals surface area contributed by atoms with E-state index in [0.717, 1.165) is 73.3 Å². The Morgan fingerprint density at radius 2 is 1.75 bits per heavy atom. The molecule has 6 aromatic rings. The number of ether oxygens (including phenoxy) is 1. The van der Waals surface area contributed by atoms with Gasteiger partial charge in [-0.15, -0.1) is 16.4 Å². The van der Waals surface area contributed by atoms with E-state index in [1.54, 1.807) is 34.2 Å². The third-order valence-electron chi connectivity index (χ3n) is 13.7. The lowest BCUT2D eigenvalue weighted by atomic mass is 9.85. The number of aliphatic hydroxyl groups is 1. The van der Waals surface area contributed by atoms with Crippen LogP contribution in [0.5, 0.6) is 5.75 Å². The van der Waals surface area contributed by atoms with Crippen molar-refractivity contribution in [3.63, 3.8) is 0 Å². The van der Waals surface area contributed by atoms with Crippen LogP contribution in [0.4, 0.5) is 21.6 Å². The number of hydrogen-bond acceptors (Lipinski definition) is 14. The second-order valence-corrected chi connectivity index (χ2v) is 22.1. The number of nitrogens with one attached hydrogen (secondary N) is 4. The van der Waals surface area contributed by atoms with E-state index >= 15 is 0 Å². The van der Waals surface area contributed by atoms with Gasteiger partial charge in [0.15, 0.2) is 0 Å². The number of anilines is 3. The Labute approximate surface area is 457 Å². The van der Waals surface area contributed by atoms with Crippen molar-refractivity contribution in [3.8, 4) is 16.2 Å². The maximum atomic E-state index is 14.1. The molecule has 0 bridgehead atoms. The van der Waals surface area contributed by atoms with Gasteiger partial charge in [-0.25, -0.2) is 19.3 Å². The molecule has 0 spiro atoms. The quantitative estimate of drug-likeness (QED) is 0.0299. The first-order chi connectivity index (χ1) is 37.1. The molecule has 3 unspecified atom stereocenters. The van der Waals surface area contributed by atoms with Crippen molar-refractivity contribution >= 4 is 74.7 Å². The summed E-state index contributed by atoms with van der Waals surface area (Å²) in [7, 11) is 0. The second kappa shape index (κ2) is 26.5. The first-order valence-electron chi connectivity index (χ1n) is 26.4. The standard InChI is InChI=1S/C56H68ClFN12O6S/c1-36-51(77-35-62-36)38-18-16-37(17-19-38)30-59-54(74)47-27-41(71)32-70(47)55(75)52(56(2,3)4)65-50(73)14-9-6-5-7-12-25-69-31-40(66-67-69)33-76-48-29-45-42(53(61-34-60-45)63-39-20-21-44(58)43(57)26-39)28-46(48)64-49(72)15-13-24-68-22-10-8-11-23-68/h13,15-21,26,28-29,31,34-35,41,47,52,71H,5-12,14,22-25,27,30,32-33H2,1-4H3,(H,59,74)(H,64,72)(H,65,73)(H,60,61,63). The van der Waals surface area contributed by atoms with Crippen molar-refractivity contribution in [1.29, 1.82) is 0 Å². The predicted octanol–water partition coefficient (Wildman–Crippen LogP) is 8.90. The van der Waals surface area contributed by atoms with E-state index in [1.165, 1.54) is 35.9 Å². The lowest BCUT2D eigenvalue weighted by Crippen LogP contribution is -2.57. The summed E-state index contributed by atoms with van der Waals surface area (Å²) in [6.45, 7) is 11.3. The lowest BCUT2D eigenvalue weighted by Gasteiger charge is -2.35. The van der Waals surface area contributed by atoms with Gasteiger partial charge >= 0.3 is 0 Å². The molecule has 0 radical (unpaired) electrons. The minimum atomic E-state index is -0.894. The number of thiazole rings is 1. The van der Waals surface area contributed by atoms with Crippen LogP contribution in [0.1, 0.15) is 102 Å². The molecule has 2 aliphatic heterocycles. The average Bonchev–Trinajstić information content (AvgIpc) is 4.18. The summed E-state index contributed by atoms with van der Waals surface area (Å²) >= 11 is 7.62. The molecule has 8 rings (SSSR count). The van der Waals surface area contributed by atoms with Crippen LogP contribution in [0.25, 0.3) is 21.3 Å². The molecule has 3 atom stereocenters. The van der Waals surface area contributed by atoms with Gasteiger partial charge in [0.25, 0.3) is 0 Å². The summed E-state index contributed by atoms with van der Waals surface area (Å²) < 4.78 is 22.0. The van der Waals surface area contributed by atoms with Crippen LogP contribution in [-0.4, -0.2) is 113 Å². The summed E-state index contributed by atoms with van der Waals surface area (Å²) in [5, 5.41) is 31.9. The van der Waals surface area contributed by atoms with Crippen LogP contribution in [0, 0.1) is 18.2 Å². The number of hydrogen-bond donors (Lipinski definition) is 5. The van der Waals surface area contributed by atoms with Crippen LogP contribution < -0.4 is 26.0 Å². The zero-order chi connectivity index (χ0) is 54.5. The van der Waals surface area contributed by atoms with Gasteiger partial charge in [0.05, 0.1) is 44.6 Å². The van der Waals surface area contributed by atoms with Crippen molar-refractivity contribution < 1.29 is 33.4 Å². The third kappa shape index (κ3) is 15.6. The van der Waals surface area contributed by atoms with Crippen LogP contribution in [-0.2, 0) is 38.9 Å². The minimum absolute atomic E-state index is 0.00539. The number of likely N-dealkylation sites (tertiary alicyclic amines) is 2. The summed E-state index contributed by atoms with van der Waals surface area (Å²) in [6.07, 6.45) is 13.7. The molecule has 2 saturated heterocycles. The number of piperidine rings is 1. The van der Waals surface area contributed by atoms with Gasteiger partial charge in [-0.2, -0.15) is 0 Å². The maximum Gasteiger partial charge on any atom is 0.248 e. The first kappa shape index (κ1) is 56.3. The smallest absolute Gasteiger partial charge is 0.248 e. The highest BCUT2D eigenvalue weighted by Crippen LogP contribution is 2.35. The van der Waals surface area contributed by atoms with Crippen molar-refractivity contribution in [2.45, 2.75) is 130 Å². The fraction of sp³-hybridized carbons (Fsp3) is 0.446. The number of halogens is 2. The van der Waals surface area contributed by atoms with Crippen molar-refractivity contribution in [3.05, 3.63) is 113 Å². The van der Waals surface area contributed by atoms with Gasteiger partial charge in [-0.1, -0.05) is 93.6 Å². The van der Waals surface area contributed by atoms with Crippen molar-refractivity contribution in [2.24, 2.45) is 5.41 Å². The number of unbranched alkanes of at least 4 members (excludes halogenated alkanes) is 4. The molecule has 5 heterocycles. The molecular formula is C56H68ClFN12O6S. The number of β-amino-alcohol motifs (C(OH)–C–C–N with tert-alkyl or cyclic N) is 1. The molecule has 21 heteroatoms. The molecule has 0 aliphatic carbocycles. The third-order valence-corrected chi connectivity index (χ3v) is 15.0. The molecule has 2 fully saturated rings. The Hall–Kier alpha value is -6.87. The van der Waals surface area contributed by atoms with Crippen molar-refractivity contribution in [2.75, 3.05) is 36.8 Å². The number of aryl methyl sites for hydroxylation is 2. The van der Waals surface area contributed by atoms with E-state index in [4.69, 9.17) is 16.3 Å². The van der Waals surface area contributed by atoms with Crippen LogP contribution in [0.15, 0.2) is 84.8 Å². The number of amides is 4. The number of benzene rings is 3. The second-order valence-electron chi connectivity index (χ2n) is 20.8. The van der Waals surface area contributed by atoms with E-state index in [9.17, 15) is 28.7 Å². The molecule has 408 valence electrons. The number of nitrogens with zero attached hydrogens (tertiary/aromatic N) is 8. The molecular weight excluding hydrogens is 1020 g/mol. The van der Waals surface area contributed by atoms with Crippen LogP contribution >= 0.6 is 22.9 Å². The number of rotatable bonds is 23. The largest absolute Gasteiger partial charge is 0.485 e. The monoisotopic (exact) mass is 1090 g/mol. The first-order valence-corrected chi connectivity index (χ1v) is 27.6. The minimum Gasteiger partial charge on any atom is -0.485 e. The Bertz CT molecular complexity index is 3030. The molecule has 3 aromatic carbocycles. The summed E-state index contributed by atoms with van der Waals surface area (Å²) in [4.78, 5) is 72.2. The zero-order valence-electron chi connectivity index (χ0n) is 44.1. The summed E-state index contributed by atoms with van der Waals surface area (Å²) in [6, 6.07) is 13.9. The SMILES string of the molecule is Cc1ncsc1-c1ccc(CNC(=O)C2CC(O)CN2C(=O)C(NC(=O)CCCCCCCn2cc(COc3cc4ncnc(Nc5ccc(F)c(Cl)c5)c4cc3NC(=O)C=CCN3CCCCC3)nn2)C(C)(C)C)cc1. The van der Waals surface area contributed by atoms with Gasteiger partial charge in [-0.05, 0) is 86.5 Å². The van der Waals surface area contributed by atoms with E-state index in [-0.39, 0.29) is 55.3 Å². The summed E-state index contributed by atoms with van der Waals surface area (Å²) in [5.74, 6) is -1.07. The zero-order valence-corrected chi connectivity index (χ0v) is 45.6. The topological polar surface area (TPSA) is 222 Å². The average molecular weight is 1090 g/mol. The molecule has 0 saturated carbocycles. The van der Waals surface area contributed by atoms with E-state index < -0.39 is 35.3 Å². The van der Waals surface area contributed by atoms with Gasteiger partial charge in [0.1, 0.15) is 48.1 Å². The Morgan fingerprint density at radius 1 is 0.974 bits per heavy atom. The lowest BCUT2D eigenvalue weighted by molar-refractivity contribution is -0.144. The number of carbonyl (C=O) groups excluding carboxylic acids is 4. The highest BCUT2D eigenvalue weighted by atomic mass is 35.5. The van der Waals surface area contributed by atoms with Gasteiger partial charge in [-0.3, -0.25) is 28.8 Å². The number of aliphatic hydroxyl groups excluding tert-OH is 1. The normalized spacial score (nSPS) is 16.4. The molecule has 18 nitrogen and oxygen atoms in total. The van der Waals surface area contributed by atoms with Gasteiger partial charge in [0, 0.05) is 62.2 Å². The van der Waals surface area contributed by atoms with Crippen LogP contribution in [0.2, 0.25) is 5.02 Å². The molecule has 4 amide bonds. The maximum absolute atomic E-state index is 14.1. The molecule has 5 N–H and O–H groups in total. The highest BCUT2D eigenvalue weighted by Gasteiger charge is 2.44. The molecule has 77 heavy (non-hydrogen) atoms. The number of aromatic nitrogens is 6. The number of fused-ring (bicyclic) bond motifs is 1. The Kier molecular flexibility index (Phi) is 19.4. The Morgan fingerprint density at radius 3 is 2.51 bits per heavy atom. The fourth-order valence-electron chi connectivity index (χ4n) is 9.51. The molecule has 2 aliphatic rings. The van der Waals surface area contributed by atoms with E-state index in [2.05, 4.69) is 51.4 Å². The fourth-order valence-corrected chi connectivity index (χ4v) is 10.5. The Balaban J connectivity index is 0.787. The number of carbonyl (C=O) groups is 4. The molecule has 3 aromatic heterocycles.